The van der Waals surface area contributed by atoms with Gasteiger partial charge in [-0.25, -0.2) is 0 Å². The molecule has 72 heavy (non-hydrogen) atoms. The Hall–Kier alpha value is -8.78. The van der Waals surface area contributed by atoms with Gasteiger partial charge in [0.25, 0.3) is 0 Å². The van der Waals surface area contributed by atoms with Gasteiger partial charge in [-0.2, -0.15) is 0 Å². The molecule has 12 aromatic rings. The molecule has 1 nitrogen and oxygen atoms in total. The van der Waals surface area contributed by atoms with Gasteiger partial charge in [0.15, 0.2) is 0 Å². The van der Waals surface area contributed by atoms with Gasteiger partial charge in [0.1, 0.15) is 0 Å². The van der Waals surface area contributed by atoms with Crippen molar-refractivity contribution in [3.8, 4) is 22.3 Å². The van der Waals surface area contributed by atoms with Gasteiger partial charge in [-0.05, 0) is 135 Å². The van der Waals surface area contributed by atoms with Gasteiger partial charge < -0.3 is 4.90 Å². The summed E-state index contributed by atoms with van der Waals surface area (Å²) in [5.41, 5.74) is 20.3. The minimum atomic E-state index is -0.639. The molecule has 0 aliphatic heterocycles. The van der Waals surface area contributed by atoms with Crippen LogP contribution >= 0.6 is 0 Å². The highest BCUT2D eigenvalue weighted by Crippen LogP contribution is 2.65. The highest BCUT2D eigenvalue weighted by atomic mass is 15.1. The van der Waals surface area contributed by atoms with Gasteiger partial charge in [-0.3, -0.25) is 0 Å². The zero-order valence-electron chi connectivity index (χ0n) is 40.3. The highest BCUT2D eigenvalue weighted by Gasteiger charge is 2.56. The first kappa shape index (κ1) is 41.0. The van der Waals surface area contributed by atoms with Crippen molar-refractivity contribution >= 4 is 49.4 Å². The molecule has 0 heterocycles. The number of hydrogen-bond donors (Lipinski definition) is 0. The first-order chi connectivity index (χ1) is 35.5. The molecular formula is C71H49N. The van der Waals surface area contributed by atoms with E-state index in [0.29, 0.717) is 0 Å². The smallest absolute Gasteiger partial charge is 0.0720 e. The van der Waals surface area contributed by atoms with Crippen LogP contribution in [0.5, 0.6) is 0 Å². The lowest BCUT2D eigenvalue weighted by molar-refractivity contribution is 0.623. The zero-order chi connectivity index (χ0) is 47.8. The first-order valence-corrected chi connectivity index (χ1v) is 25.4. The predicted octanol–water partition coefficient (Wildman–Crippen LogP) is 18.0. The van der Waals surface area contributed by atoms with Crippen molar-refractivity contribution in [2.45, 2.75) is 30.1 Å². The van der Waals surface area contributed by atoms with Crippen molar-refractivity contribution < 1.29 is 0 Å². The number of hydrogen-bond acceptors (Lipinski definition) is 1. The van der Waals surface area contributed by atoms with Crippen molar-refractivity contribution in [2.24, 2.45) is 0 Å². The molecule has 0 saturated carbocycles. The fraction of sp³-hybridized carbons (Fsp3) is 0.0704. The maximum Gasteiger partial charge on any atom is 0.0720 e. The van der Waals surface area contributed by atoms with Crippen LogP contribution in [0.1, 0.15) is 69.5 Å². The van der Waals surface area contributed by atoms with Gasteiger partial charge in [0.05, 0.1) is 16.5 Å². The van der Waals surface area contributed by atoms with Gasteiger partial charge >= 0.3 is 0 Å². The minimum absolute atomic E-state index is 0.171. The molecule has 338 valence electrons. The largest absolute Gasteiger partial charge is 0.310 e. The Labute approximate surface area is 421 Å². The zero-order valence-corrected chi connectivity index (χ0v) is 40.3. The van der Waals surface area contributed by atoms with E-state index in [2.05, 4.69) is 280 Å². The second kappa shape index (κ2) is 15.1. The second-order valence-electron chi connectivity index (χ2n) is 20.6. The molecule has 0 unspecified atom stereocenters. The third kappa shape index (κ3) is 5.27. The normalized spacial score (nSPS) is 14.9. The van der Waals surface area contributed by atoms with E-state index in [4.69, 9.17) is 0 Å². The monoisotopic (exact) mass is 915 g/mol. The Morgan fingerprint density at radius 3 is 1.28 bits per heavy atom. The highest BCUT2D eigenvalue weighted by molar-refractivity contribution is 6.26. The Bertz CT molecular complexity index is 4070. The average Bonchev–Trinajstić information content (AvgIpc) is 3.87. The number of fused-ring (bicyclic) bond motifs is 18. The summed E-state index contributed by atoms with van der Waals surface area (Å²) in [6.45, 7) is 4.77. The van der Waals surface area contributed by atoms with Crippen molar-refractivity contribution in [1.29, 1.82) is 0 Å². The van der Waals surface area contributed by atoms with E-state index in [0.717, 1.165) is 11.4 Å². The van der Waals surface area contributed by atoms with Crippen molar-refractivity contribution in [2.75, 3.05) is 4.90 Å². The van der Waals surface area contributed by atoms with Crippen LogP contribution in [-0.2, 0) is 16.2 Å². The van der Waals surface area contributed by atoms with Gasteiger partial charge in [-0.1, -0.05) is 244 Å². The fourth-order valence-electron chi connectivity index (χ4n) is 14.1. The third-order valence-electron chi connectivity index (χ3n) is 17.0. The molecule has 0 saturated heterocycles. The topological polar surface area (TPSA) is 3.24 Å². The van der Waals surface area contributed by atoms with Crippen LogP contribution in [0.3, 0.4) is 0 Å². The molecule has 0 atom stereocenters. The lowest BCUT2D eigenvalue weighted by atomic mass is 9.51. The van der Waals surface area contributed by atoms with Crippen LogP contribution in [0.4, 0.5) is 17.1 Å². The Kier molecular flexibility index (Phi) is 8.62. The molecule has 0 fully saturated rings. The van der Waals surface area contributed by atoms with Crippen LogP contribution in [0, 0.1) is 0 Å². The summed E-state index contributed by atoms with van der Waals surface area (Å²) in [5, 5.41) is 7.60. The summed E-state index contributed by atoms with van der Waals surface area (Å²) in [7, 11) is 0. The number of anilines is 3. The molecule has 12 aromatic carbocycles. The lowest BCUT2D eigenvalue weighted by Gasteiger charge is -2.50. The van der Waals surface area contributed by atoms with E-state index >= 15 is 0 Å². The van der Waals surface area contributed by atoms with Gasteiger partial charge in [0, 0.05) is 22.4 Å². The number of rotatable bonds is 5. The summed E-state index contributed by atoms with van der Waals surface area (Å²) in [6, 6.07) is 98.9. The maximum absolute atomic E-state index is 2.58. The fourth-order valence-corrected chi connectivity index (χ4v) is 14.1. The summed E-state index contributed by atoms with van der Waals surface area (Å²) < 4.78 is 0. The van der Waals surface area contributed by atoms with Crippen LogP contribution in [0.25, 0.3) is 54.6 Å². The summed E-state index contributed by atoms with van der Waals surface area (Å²) >= 11 is 0. The maximum atomic E-state index is 2.58. The molecular weight excluding hydrogens is 867 g/mol. The molecule has 0 N–H and O–H groups in total. The molecule has 0 radical (unpaired) electrons. The van der Waals surface area contributed by atoms with Crippen LogP contribution in [0.2, 0.25) is 0 Å². The van der Waals surface area contributed by atoms with Crippen molar-refractivity contribution in [3.05, 3.63) is 316 Å². The van der Waals surface area contributed by atoms with E-state index in [1.807, 2.05) is 0 Å². The van der Waals surface area contributed by atoms with E-state index in [9.17, 15) is 0 Å². The molecule has 0 amide bonds. The lowest BCUT2D eigenvalue weighted by Crippen LogP contribution is -2.44. The van der Waals surface area contributed by atoms with Crippen LogP contribution in [-0.4, -0.2) is 0 Å². The molecule has 15 rings (SSSR count). The molecule has 0 aromatic heterocycles. The Balaban J connectivity index is 1.06. The van der Waals surface area contributed by atoms with Crippen molar-refractivity contribution in [1.82, 2.24) is 0 Å². The van der Waals surface area contributed by atoms with Gasteiger partial charge in [0.2, 0.25) is 0 Å². The summed E-state index contributed by atoms with van der Waals surface area (Å²) in [5.74, 6) is 0. The Morgan fingerprint density at radius 1 is 0.264 bits per heavy atom. The second-order valence-corrected chi connectivity index (χ2v) is 20.6. The average molecular weight is 916 g/mol. The molecule has 3 aliphatic carbocycles. The summed E-state index contributed by atoms with van der Waals surface area (Å²) in [4.78, 5) is 2.58. The standard InChI is InChI=1S/C71H49N/c1-69(2)59-32-15-14-31-57(59)68-65(69)38-21-39-67(68)72(48-40-42-54-52-28-10-9-26-50(52)51-27-11-12-29-53(51)58(54)44-48)49-41-43-56-55-30-13-16-33-60(55)71(66(56)45-49)63-36-19-17-34-61(63)70(46-22-5-3-6-23-46,47-24-7-4-8-25-47)62-35-18-20-37-64(62)71/h3-45H,1-2H3. The number of benzene rings is 12. The quantitative estimate of drug-likeness (QED) is 0.156. The van der Waals surface area contributed by atoms with E-state index in [-0.39, 0.29) is 5.41 Å². The molecule has 1 spiro atoms. The summed E-state index contributed by atoms with van der Waals surface area (Å²) in [6.07, 6.45) is 0. The van der Waals surface area contributed by atoms with Crippen LogP contribution < -0.4 is 4.90 Å². The van der Waals surface area contributed by atoms with E-state index in [1.165, 1.54) is 116 Å². The molecule has 1 heteroatoms. The van der Waals surface area contributed by atoms with Crippen molar-refractivity contribution in [3.63, 3.8) is 0 Å². The Morgan fingerprint density at radius 2 is 0.681 bits per heavy atom. The van der Waals surface area contributed by atoms with Gasteiger partial charge in [-0.15, -0.1) is 0 Å². The third-order valence-corrected chi connectivity index (χ3v) is 17.0. The van der Waals surface area contributed by atoms with E-state index < -0.39 is 10.8 Å². The minimum Gasteiger partial charge on any atom is -0.310 e. The predicted molar refractivity (Wildman–Crippen MR) is 300 cm³/mol. The molecule has 0 bridgehead atoms. The van der Waals surface area contributed by atoms with E-state index in [1.54, 1.807) is 0 Å². The number of nitrogens with zero attached hydrogens (tertiary/aromatic N) is 1. The SMILES string of the molecule is CC1(C)c2ccccc2-c2c(N(c3ccc4c(c3)C3(c5ccccc5-4)c4ccccc4C(c4ccccc4)(c4ccccc4)c4ccccc43)c3ccc4c5ccccc5c5ccccc5c4c3)cccc21. The first-order valence-electron chi connectivity index (χ1n) is 25.4. The molecule has 3 aliphatic rings. The van der Waals surface area contributed by atoms with Crippen LogP contribution in [0.15, 0.2) is 261 Å².